The summed E-state index contributed by atoms with van der Waals surface area (Å²) in [4.78, 5) is 46.5. The maximum atomic E-state index is 13.7. The Kier molecular flexibility index (Phi) is 9.04. The number of aromatic nitrogens is 2. The predicted molar refractivity (Wildman–Crippen MR) is 69.5 cm³/mol. The summed E-state index contributed by atoms with van der Waals surface area (Å²) < 4.78 is 39.3. The van der Waals surface area contributed by atoms with Gasteiger partial charge in [-0.1, -0.05) is 0 Å². The molecule has 1 heterocycles. The van der Waals surface area contributed by atoms with E-state index in [0.29, 0.717) is 0 Å². The van der Waals surface area contributed by atoms with Crippen LogP contribution < -0.4 is 80.2 Å². The normalized spacial score (nSPS) is 15.0. The molecule has 7 nitrogen and oxygen atoms in total. The van der Waals surface area contributed by atoms with Crippen LogP contribution in [-0.2, 0) is 11.1 Å². The van der Waals surface area contributed by atoms with Gasteiger partial charge in [0.25, 0.3) is 11.2 Å². The quantitative estimate of drug-likeness (QED) is 0.317. The summed E-state index contributed by atoms with van der Waals surface area (Å²) in [7, 11) is -6.13. The minimum atomic E-state index is -6.13. The molecule has 122 valence electrons. The number of halogens is 2. The van der Waals surface area contributed by atoms with Gasteiger partial charge in [0.2, 0.25) is 0 Å². The monoisotopic (exact) mass is 380 g/mol. The van der Waals surface area contributed by atoms with Crippen molar-refractivity contribution in [3.05, 3.63) is 43.7 Å². The van der Waals surface area contributed by atoms with E-state index < -0.39 is 30.1 Å². The number of H-pyrrole nitrogens is 1. The predicted octanol–water partition coefficient (Wildman–Crippen LogP) is -6.16. The fraction of sp³-hybridized carbons (Fsp3) is 0.500. The van der Waals surface area contributed by atoms with E-state index in [0.717, 1.165) is 4.57 Å². The van der Waals surface area contributed by atoms with Crippen molar-refractivity contribution < 1.29 is 82.2 Å². The van der Waals surface area contributed by atoms with E-state index in [1.165, 1.54) is 13.1 Å². The molecule has 2 rings (SSSR count). The molecule has 0 amide bonds. The van der Waals surface area contributed by atoms with Gasteiger partial charge >= 0.3 is 64.8 Å². The third kappa shape index (κ3) is 4.99. The molecule has 12 heteroatoms. The Labute approximate surface area is 180 Å². The second-order valence-corrected chi connectivity index (χ2v) is 6.73. The van der Waals surface area contributed by atoms with E-state index in [4.69, 9.17) is 0 Å². The van der Waals surface area contributed by atoms with Crippen LogP contribution in [0.15, 0.2) is 26.9 Å². The zero-order valence-corrected chi connectivity index (χ0v) is 18.5. The average molecular weight is 380 g/mol. The van der Waals surface area contributed by atoms with Gasteiger partial charge in [-0.25, -0.2) is 4.79 Å². The Hall–Kier alpha value is 0.430. The van der Waals surface area contributed by atoms with Gasteiger partial charge in [0.1, 0.15) is 0 Å². The van der Waals surface area contributed by atoms with Gasteiger partial charge in [0.15, 0.2) is 0 Å². The van der Waals surface area contributed by atoms with E-state index >= 15 is 0 Å². The molecule has 24 heavy (non-hydrogen) atoms. The second-order valence-electron chi connectivity index (χ2n) is 5.17. The number of aromatic amines is 1. The summed E-state index contributed by atoms with van der Waals surface area (Å²) in [5, 5.41) is 0. The SMILES string of the molecule is Cc1cn(CC2=C(C(F)(F)P(=O)([O-])[O-])CCC2)c(=O)[nH]c1=O.[Na+].[Na+]. The Morgan fingerprint density at radius 1 is 1.29 bits per heavy atom. The van der Waals surface area contributed by atoms with Crippen molar-refractivity contribution in [1.29, 1.82) is 0 Å². The summed E-state index contributed by atoms with van der Waals surface area (Å²) in [5.41, 5.74) is -6.33. The van der Waals surface area contributed by atoms with Crippen LogP contribution in [0.5, 0.6) is 0 Å². The first-order valence-electron chi connectivity index (χ1n) is 6.45. The fourth-order valence-electron chi connectivity index (χ4n) is 2.45. The number of hydrogen-bond acceptors (Lipinski definition) is 5. The first-order valence-corrected chi connectivity index (χ1v) is 8.00. The number of alkyl halides is 2. The van der Waals surface area contributed by atoms with E-state index in [-0.39, 0.29) is 96.1 Å². The molecule has 1 N–H and O–H groups in total. The van der Waals surface area contributed by atoms with Gasteiger partial charge in [0, 0.05) is 31.5 Å². The van der Waals surface area contributed by atoms with Gasteiger partial charge in [-0.05, 0) is 31.8 Å². The Morgan fingerprint density at radius 3 is 2.42 bits per heavy atom. The zero-order chi connectivity index (χ0) is 16.7. The smallest absolute Gasteiger partial charge is 0.806 e. The molecule has 0 saturated heterocycles. The van der Waals surface area contributed by atoms with Crippen molar-refractivity contribution in [3.8, 4) is 0 Å². The molecular weight excluding hydrogens is 367 g/mol. The number of nitrogens with one attached hydrogen (secondary N) is 1. The molecular formula is C12H13F2N2Na2O5P. The van der Waals surface area contributed by atoms with Gasteiger partial charge in [0.05, 0.1) is 0 Å². The van der Waals surface area contributed by atoms with Crippen LogP contribution in [0.3, 0.4) is 0 Å². The summed E-state index contributed by atoms with van der Waals surface area (Å²) in [6.07, 6.45) is 1.43. The van der Waals surface area contributed by atoms with E-state index in [1.54, 1.807) is 0 Å². The summed E-state index contributed by atoms with van der Waals surface area (Å²) in [5.74, 6) is 0. The summed E-state index contributed by atoms with van der Waals surface area (Å²) in [6, 6.07) is 0. The van der Waals surface area contributed by atoms with Crippen LogP contribution in [0.4, 0.5) is 8.78 Å². The van der Waals surface area contributed by atoms with Gasteiger partial charge in [-0.15, -0.1) is 0 Å². The molecule has 0 aliphatic heterocycles. The summed E-state index contributed by atoms with van der Waals surface area (Å²) >= 11 is 0. The number of nitrogens with zero attached hydrogens (tertiary/aromatic N) is 1. The first-order chi connectivity index (χ1) is 10.0. The minimum Gasteiger partial charge on any atom is -0.806 e. The average Bonchev–Trinajstić information content (AvgIpc) is 2.83. The molecule has 0 atom stereocenters. The Balaban J connectivity index is 0.00000264. The maximum absolute atomic E-state index is 13.7. The summed E-state index contributed by atoms with van der Waals surface area (Å²) in [6.45, 7) is 1.15. The third-order valence-electron chi connectivity index (χ3n) is 3.59. The number of allylic oxidation sites excluding steroid dienone is 2. The molecule has 1 aromatic rings. The third-order valence-corrected chi connectivity index (χ3v) is 4.55. The van der Waals surface area contributed by atoms with Crippen LogP contribution in [0, 0.1) is 6.92 Å². The topological polar surface area (TPSA) is 118 Å². The molecule has 0 radical (unpaired) electrons. The van der Waals surface area contributed by atoms with Crippen LogP contribution >= 0.6 is 7.60 Å². The number of rotatable bonds is 4. The van der Waals surface area contributed by atoms with Crippen LogP contribution in [0.2, 0.25) is 0 Å². The van der Waals surface area contributed by atoms with Crippen LogP contribution in [0.25, 0.3) is 0 Å². The molecule has 1 aliphatic rings. The molecule has 0 fully saturated rings. The maximum Gasteiger partial charge on any atom is 1.00 e. The molecule has 0 spiro atoms. The Morgan fingerprint density at radius 2 is 1.88 bits per heavy atom. The van der Waals surface area contributed by atoms with Crippen molar-refractivity contribution in [1.82, 2.24) is 9.55 Å². The molecule has 0 aromatic carbocycles. The molecule has 1 aliphatic carbocycles. The van der Waals surface area contributed by atoms with Crippen LogP contribution in [0.1, 0.15) is 24.8 Å². The van der Waals surface area contributed by atoms with Gasteiger partial charge in [-0.2, -0.15) is 8.78 Å². The first kappa shape index (κ1) is 24.4. The minimum absolute atomic E-state index is 0. The van der Waals surface area contributed by atoms with Crippen molar-refractivity contribution >= 4 is 7.60 Å². The standard InChI is InChI=1S/C12H15F2N2O5P.2Na/c1-7-5-16(11(18)15-10(7)17)6-8-3-2-4-9(8)12(13,14)22(19,20)21;;/h5H,2-4,6H2,1H3,(H,15,17,18)(H2,19,20,21);;/q;2*+1/p-2. The molecule has 1 aromatic heterocycles. The molecule has 0 unspecified atom stereocenters. The van der Waals surface area contributed by atoms with E-state index in [9.17, 15) is 32.7 Å². The molecule has 0 saturated carbocycles. The van der Waals surface area contributed by atoms with Crippen molar-refractivity contribution in [3.63, 3.8) is 0 Å². The van der Waals surface area contributed by atoms with Crippen molar-refractivity contribution in [2.24, 2.45) is 0 Å². The second kappa shape index (κ2) is 8.88. The van der Waals surface area contributed by atoms with E-state index in [2.05, 4.69) is 0 Å². The number of aryl methyl sites for hydroxylation is 1. The van der Waals surface area contributed by atoms with Gasteiger partial charge in [-0.3, -0.25) is 14.3 Å². The zero-order valence-electron chi connectivity index (χ0n) is 13.6. The van der Waals surface area contributed by atoms with Crippen molar-refractivity contribution in [2.45, 2.75) is 38.4 Å². The van der Waals surface area contributed by atoms with Crippen molar-refractivity contribution in [2.75, 3.05) is 0 Å². The fourth-order valence-corrected chi connectivity index (χ4v) is 3.05. The Bertz CT molecular complexity index is 799. The largest absolute Gasteiger partial charge is 1.00 e. The number of hydrogen-bond donors (Lipinski definition) is 1. The molecule has 0 bridgehead atoms. The van der Waals surface area contributed by atoms with Crippen LogP contribution in [-0.4, -0.2) is 15.2 Å². The van der Waals surface area contributed by atoms with Gasteiger partial charge < -0.3 is 14.4 Å². The van der Waals surface area contributed by atoms with E-state index in [1.807, 2.05) is 4.98 Å².